The SMILES string of the molecule is C/C=C/C1CCC(C2CCC(CCC)CC2)CC1.C=CC1CCC(C2CCC(CCCCC)CC2)CC1.CCCC1CCC(C2CCC(c3ccc(C)cc3)CC2)CC1.CCCCc1ccc(-c2ccc(-c3ccc(CC)cc3)c(F)c2F)cc1.CCCOc1ccc(C2CCC(C3CCC(CCC)CC3)CC2)c(F)c1F.CCCc1ccc(-c2ccc(-c3ccc(CC)cc3)c(F)c2F)cc1. The third-order valence-corrected chi connectivity index (χ3v) is 34.4. The lowest BCUT2D eigenvalue weighted by Gasteiger charge is -2.38. The van der Waals surface area contributed by atoms with Gasteiger partial charge in [-0.1, -0.05) is 366 Å². The van der Waals surface area contributed by atoms with Crippen LogP contribution in [0.3, 0.4) is 0 Å². The van der Waals surface area contributed by atoms with Gasteiger partial charge >= 0.3 is 0 Å². The van der Waals surface area contributed by atoms with Crippen molar-refractivity contribution in [2.75, 3.05) is 6.61 Å². The smallest absolute Gasteiger partial charge is 0.200 e. The van der Waals surface area contributed by atoms with Gasteiger partial charge in [0, 0.05) is 22.3 Å². The van der Waals surface area contributed by atoms with Crippen molar-refractivity contribution in [2.24, 2.45) is 82.9 Å². The van der Waals surface area contributed by atoms with Crippen LogP contribution in [0.25, 0.3) is 44.5 Å². The highest BCUT2D eigenvalue weighted by Crippen LogP contribution is 2.50. The van der Waals surface area contributed by atoms with Crippen molar-refractivity contribution < 1.29 is 31.1 Å². The first-order valence-electron chi connectivity index (χ1n) is 56.6. The molecule has 8 fully saturated rings. The molecule has 0 amide bonds. The zero-order valence-corrected chi connectivity index (χ0v) is 87.4. The molecule has 1 nitrogen and oxygen atoms in total. The molecule has 750 valence electrons. The summed E-state index contributed by atoms with van der Waals surface area (Å²) in [6.45, 7) is 28.4. The Bertz CT molecular complexity index is 4690. The van der Waals surface area contributed by atoms with Gasteiger partial charge in [0.25, 0.3) is 0 Å². The molecule has 0 atom stereocenters. The van der Waals surface area contributed by atoms with Crippen LogP contribution < -0.4 is 4.74 Å². The Kier molecular flexibility index (Phi) is 47.8. The average molecular weight is 1870 g/mol. The van der Waals surface area contributed by atoms with Gasteiger partial charge in [-0.15, -0.1) is 6.58 Å². The quantitative estimate of drug-likeness (QED) is 0.0232. The number of aryl methyl sites for hydroxylation is 5. The summed E-state index contributed by atoms with van der Waals surface area (Å²) in [4.78, 5) is 0. The molecule has 0 N–H and O–H groups in total. The fraction of sp³-hybridized carbons (Fsp3) is 0.600. The van der Waals surface area contributed by atoms with E-state index in [0.29, 0.717) is 56.7 Å². The molecular weight excluding hydrogens is 1690 g/mol. The van der Waals surface area contributed by atoms with Crippen molar-refractivity contribution in [1.82, 2.24) is 0 Å². The second-order valence-electron chi connectivity index (χ2n) is 43.8. The number of halogens is 6. The maximum absolute atomic E-state index is 14.7. The standard InChI is InChI=1S/C24H36F2O.C24H24F2.C23H22F2.C22H34.C19H34.C18H32/c1-3-5-17-6-8-18(9-7-17)19-10-12-20(13-11-19)21-14-15-22(27-16-4-2)24(26)23(21)25;1-3-5-6-18-9-13-20(14-10-18)22-16-15-21(23(25)24(22)26)19-11-7-17(4-2)8-12-19;1-3-5-17-8-12-19(13-9-17)21-15-14-20(22(24)23(21)25)18-10-6-16(4-2)7-11-18;1-3-4-18-7-11-20(12-8-18)22-15-13-21(14-16-22)19-9-5-17(2)6-10-19;1-3-5-6-7-17-10-14-19(15-11-17)18-12-8-16(4-2)9-13-18;1-3-5-15-7-11-17(12-8-15)18-13-9-16(6-4-2)10-14-18/h14-15,17-20H,3-13,16H2,1-2H3;7-16H,3-6H2,1-2H3;6-15H,3-5H2,1-2H3;5-6,9-10,18,20-22H,3-4,7-8,11-16H2,1-2H3;4,16-19H,2-3,5-15H2,1H3;3,5,15-18H,4,6-14H2,1-2H3/b;;;;;5-3+. The topological polar surface area (TPSA) is 9.23 Å². The summed E-state index contributed by atoms with van der Waals surface area (Å²) in [5, 5.41) is 0. The molecular formula is C130H182F6O. The number of rotatable bonds is 32. The normalized spacial score (nSPS) is 25.0. The number of allylic oxidation sites excluding steroid dienone is 3. The highest BCUT2D eigenvalue weighted by Gasteiger charge is 2.37. The fourth-order valence-electron chi connectivity index (χ4n) is 25.7. The van der Waals surface area contributed by atoms with E-state index in [1.807, 2.05) is 104 Å². The van der Waals surface area contributed by atoms with E-state index >= 15 is 0 Å². The summed E-state index contributed by atoms with van der Waals surface area (Å²) in [5.74, 6) is 10.4. The van der Waals surface area contributed by atoms with Crippen molar-refractivity contribution in [1.29, 1.82) is 0 Å². The molecule has 8 saturated carbocycles. The lowest BCUT2D eigenvalue weighted by atomic mass is 9.68. The van der Waals surface area contributed by atoms with Crippen LogP contribution in [0.15, 0.2) is 183 Å². The van der Waals surface area contributed by atoms with Crippen LogP contribution in [0.1, 0.15) is 415 Å². The average Bonchev–Trinajstić information content (AvgIpc) is 0.813. The molecule has 0 aromatic heterocycles. The number of hydrogen-bond donors (Lipinski definition) is 0. The molecule has 0 bridgehead atoms. The highest BCUT2D eigenvalue weighted by atomic mass is 19.2. The lowest BCUT2D eigenvalue weighted by molar-refractivity contribution is 0.151. The maximum atomic E-state index is 14.7. The van der Waals surface area contributed by atoms with E-state index in [0.717, 1.165) is 153 Å². The lowest BCUT2D eigenvalue weighted by Crippen LogP contribution is -2.25. The first-order chi connectivity index (χ1) is 66.8. The van der Waals surface area contributed by atoms with E-state index in [1.54, 1.807) is 67.6 Å². The van der Waals surface area contributed by atoms with Gasteiger partial charge < -0.3 is 4.74 Å². The van der Waals surface area contributed by atoms with Crippen LogP contribution in [-0.2, 0) is 25.7 Å². The van der Waals surface area contributed by atoms with Gasteiger partial charge in [-0.2, -0.15) is 4.39 Å². The number of ether oxygens (including phenoxy) is 1. The molecule has 7 heteroatoms. The Hall–Kier alpha value is -7.38. The second-order valence-corrected chi connectivity index (χ2v) is 43.8. The first-order valence-corrected chi connectivity index (χ1v) is 56.6. The van der Waals surface area contributed by atoms with Gasteiger partial charge in [-0.25, -0.2) is 22.0 Å². The monoisotopic (exact) mass is 1870 g/mol. The van der Waals surface area contributed by atoms with Crippen LogP contribution in [0.5, 0.6) is 5.75 Å². The van der Waals surface area contributed by atoms with Crippen molar-refractivity contribution in [3.8, 4) is 50.3 Å². The molecule has 8 aromatic carbocycles. The van der Waals surface area contributed by atoms with Gasteiger partial charge in [-0.3, -0.25) is 0 Å². The summed E-state index contributed by atoms with van der Waals surface area (Å²) in [6, 6.07) is 50.0. The van der Waals surface area contributed by atoms with Crippen LogP contribution in [-0.4, -0.2) is 6.61 Å². The minimum atomic E-state index is -0.808. The molecule has 0 saturated heterocycles. The van der Waals surface area contributed by atoms with E-state index in [9.17, 15) is 26.3 Å². The first kappa shape index (κ1) is 110. The van der Waals surface area contributed by atoms with Gasteiger partial charge in [0.15, 0.2) is 34.8 Å². The van der Waals surface area contributed by atoms with Crippen molar-refractivity contribution in [3.63, 3.8) is 0 Å². The van der Waals surface area contributed by atoms with Crippen LogP contribution in [0.4, 0.5) is 26.3 Å². The summed E-state index contributed by atoms with van der Waals surface area (Å²) in [7, 11) is 0. The van der Waals surface area contributed by atoms with E-state index < -0.39 is 34.9 Å². The van der Waals surface area contributed by atoms with E-state index in [1.165, 1.54) is 259 Å². The number of benzene rings is 8. The number of hydrogen-bond acceptors (Lipinski definition) is 1. The van der Waals surface area contributed by atoms with E-state index in [4.69, 9.17) is 4.74 Å². The minimum absolute atomic E-state index is 0.0515. The van der Waals surface area contributed by atoms with Gasteiger partial charge in [0.05, 0.1) is 6.61 Å². The highest BCUT2D eigenvalue weighted by molar-refractivity contribution is 5.73. The van der Waals surface area contributed by atoms with Gasteiger partial charge in [0.2, 0.25) is 5.82 Å². The zero-order valence-electron chi connectivity index (χ0n) is 87.4. The zero-order chi connectivity index (χ0) is 97.2. The largest absolute Gasteiger partial charge is 0.490 e. The minimum Gasteiger partial charge on any atom is -0.490 e. The predicted molar refractivity (Wildman–Crippen MR) is 575 cm³/mol. The predicted octanol–water partition coefficient (Wildman–Crippen LogP) is 40.9. The van der Waals surface area contributed by atoms with Gasteiger partial charge in [0.1, 0.15) is 0 Å². The molecule has 16 rings (SSSR count). The summed E-state index contributed by atoms with van der Waals surface area (Å²) in [6.07, 6.45) is 75.1. The molecule has 0 radical (unpaired) electrons. The summed E-state index contributed by atoms with van der Waals surface area (Å²) >= 11 is 0. The van der Waals surface area contributed by atoms with Crippen LogP contribution >= 0.6 is 0 Å². The fourth-order valence-corrected chi connectivity index (χ4v) is 25.7. The molecule has 0 spiro atoms. The molecule has 8 aromatic rings. The molecule has 8 aliphatic carbocycles. The Morgan fingerprint density at radius 2 is 0.613 bits per heavy atom. The van der Waals surface area contributed by atoms with Crippen molar-refractivity contribution in [3.05, 3.63) is 256 Å². The molecule has 0 unspecified atom stereocenters. The van der Waals surface area contributed by atoms with Crippen LogP contribution in [0.2, 0.25) is 0 Å². The Morgan fingerprint density at radius 1 is 0.285 bits per heavy atom. The van der Waals surface area contributed by atoms with Crippen molar-refractivity contribution in [2.45, 2.75) is 409 Å². The molecule has 0 heterocycles. The number of unbranched alkanes of at least 4 members (excludes halogenated alkanes) is 3. The maximum Gasteiger partial charge on any atom is 0.200 e. The van der Waals surface area contributed by atoms with Gasteiger partial charge in [-0.05, 0) is 363 Å². The molecule has 137 heavy (non-hydrogen) atoms. The molecule has 8 aliphatic rings. The Morgan fingerprint density at radius 3 is 0.942 bits per heavy atom. The van der Waals surface area contributed by atoms with Crippen molar-refractivity contribution >= 4 is 0 Å². The third kappa shape index (κ3) is 33.6. The Balaban J connectivity index is 0.000000159. The molecule has 0 aliphatic heterocycles. The summed E-state index contributed by atoms with van der Waals surface area (Å²) in [5.41, 5.74) is 12.3. The van der Waals surface area contributed by atoms with E-state index in [-0.39, 0.29) is 11.7 Å². The van der Waals surface area contributed by atoms with E-state index in [2.05, 4.69) is 118 Å². The Labute approximate surface area is 830 Å². The third-order valence-electron chi connectivity index (χ3n) is 34.4. The second kappa shape index (κ2) is 59.5. The summed E-state index contributed by atoms with van der Waals surface area (Å²) < 4.78 is 92.9. The van der Waals surface area contributed by atoms with Crippen LogP contribution in [0, 0.1) is 125 Å².